The molecule has 1 aliphatic heterocycles. The van der Waals surface area contributed by atoms with Crippen LogP contribution in [-0.2, 0) is 13.0 Å². The third-order valence-corrected chi connectivity index (χ3v) is 3.21. The minimum Gasteiger partial charge on any atom is -0.335 e. The van der Waals surface area contributed by atoms with E-state index in [9.17, 15) is 0 Å². The van der Waals surface area contributed by atoms with Crippen molar-refractivity contribution in [2.24, 2.45) is 5.92 Å². The van der Waals surface area contributed by atoms with Crippen molar-refractivity contribution in [2.75, 3.05) is 13.6 Å². The fourth-order valence-corrected chi connectivity index (χ4v) is 2.26. The van der Waals surface area contributed by atoms with E-state index in [1.165, 1.54) is 17.9 Å². The molecule has 1 unspecified atom stereocenters. The van der Waals surface area contributed by atoms with Gasteiger partial charge in [0, 0.05) is 19.2 Å². The van der Waals surface area contributed by atoms with Gasteiger partial charge in [0.2, 0.25) is 0 Å². The summed E-state index contributed by atoms with van der Waals surface area (Å²) in [7, 11) is 2.03. The predicted molar refractivity (Wildman–Crippen MR) is 62.1 cm³/mol. The van der Waals surface area contributed by atoms with Crippen LogP contribution in [0, 0.1) is 5.92 Å². The van der Waals surface area contributed by atoms with Crippen molar-refractivity contribution in [1.29, 1.82) is 0 Å². The Balaban J connectivity index is 2.12. The zero-order valence-electron chi connectivity index (χ0n) is 9.95. The predicted octanol–water partition coefficient (Wildman–Crippen LogP) is 1.79. The number of nitrogens with zero attached hydrogens (tertiary/aromatic N) is 2. The summed E-state index contributed by atoms with van der Waals surface area (Å²) in [4.78, 5) is 4.72. The Morgan fingerprint density at radius 3 is 3.07 bits per heavy atom. The van der Waals surface area contributed by atoms with Crippen LogP contribution in [-0.4, -0.2) is 23.1 Å². The summed E-state index contributed by atoms with van der Waals surface area (Å²) in [6.07, 6.45) is 4.64. The Morgan fingerprint density at radius 1 is 1.60 bits per heavy atom. The Bertz CT molecular complexity index is 328. The number of hydrogen-bond acceptors (Lipinski definition) is 2. The molecule has 3 nitrogen and oxygen atoms in total. The topological polar surface area (TPSA) is 29.9 Å². The minimum absolute atomic E-state index is 0.547. The fourth-order valence-electron chi connectivity index (χ4n) is 2.26. The molecule has 0 fully saturated rings. The lowest BCUT2D eigenvalue weighted by Gasteiger charge is -2.22. The molecule has 0 aromatic carbocycles. The highest BCUT2D eigenvalue weighted by Crippen LogP contribution is 2.22. The van der Waals surface area contributed by atoms with Gasteiger partial charge in [-0.3, -0.25) is 0 Å². The lowest BCUT2D eigenvalue weighted by Crippen LogP contribution is -2.27. The summed E-state index contributed by atoms with van der Waals surface area (Å²) in [6, 6.07) is 0. The quantitative estimate of drug-likeness (QED) is 0.819. The molecular weight excluding hydrogens is 186 g/mol. The lowest BCUT2D eigenvalue weighted by atomic mass is 9.98. The van der Waals surface area contributed by atoms with E-state index in [4.69, 9.17) is 4.98 Å². The molecule has 0 bridgehead atoms. The van der Waals surface area contributed by atoms with Gasteiger partial charge < -0.3 is 9.88 Å². The molecule has 0 spiro atoms. The third-order valence-electron chi connectivity index (χ3n) is 3.21. The van der Waals surface area contributed by atoms with Crippen molar-refractivity contribution >= 4 is 0 Å². The first-order chi connectivity index (χ1) is 7.20. The second-order valence-electron chi connectivity index (χ2n) is 4.85. The molecule has 15 heavy (non-hydrogen) atoms. The van der Waals surface area contributed by atoms with Crippen LogP contribution >= 0.6 is 0 Å². The van der Waals surface area contributed by atoms with Crippen molar-refractivity contribution in [3.8, 4) is 0 Å². The Kier molecular flexibility index (Phi) is 3.10. The van der Waals surface area contributed by atoms with Gasteiger partial charge in [0.15, 0.2) is 0 Å². The summed E-state index contributed by atoms with van der Waals surface area (Å²) in [5, 5.41) is 3.26. The van der Waals surface area contributed by atoms with E-state index in [2.05, 4.69) is 29.9 Å². The second kappa shape index (κ2) is 4.35. The second-order valence-corrected chi connectivity index (χ2v) is 4.85. The van der Waals surface area contributed by atoms with Crippen molar-refractivity contribution in [1.82, 2.24) is 14.9 Å². The Morgan fingerprint density at radius 2 is 2.40 bits per heavy atom. The van der Waals surface area contributed by atoms with Crippen molar-refractivity contribution in [3.63, 3.8) is 0 Å². The highest BCUT2D eigenvalue weighted by atomic mass is 15.1. The van der Waals surface area contributed by atoms with Crippen LogP contribution in [0.5, 0.6) is 0 Å². The zero-order valence-corrected chi connectivity index (χ0v) is 9.95. The molecule has 0 aliphatic carbocycles. The van der Waals surface area contributed by atoms with E-state index in [1.54, 1.807) is 0 Å². The molecular formula is C12H21N3. The van der Waals surface area contributed by atoms with Crippen molar-refractivity contribution in [3.05, 3.63) is 17.7 Å². The van der Waals surface area contributed by atoms with Crippen molar-refractivity contribution in [2.45, 2.75) is 39.2 Å². The van der Waals surface area contributed by atoms with Gasteiger partial charge in [0.05, 0.1) is 5.69 Å². The summed E-state index contributed by atoms with van der Waals surface area (Å²) in [5.41, 5.74) is 1.25. The monoisotopic (exact) mass is 207 g/mol. The Hall–Kier alpha value is -0.830. The van der Waals surface area contributed by atoms with Crippen LogP contribution in [0.4, 0.5) is 0 Å². The van der Waals surface area contributed by atoms with E-state index >= 15 is 0 Å². The van der Waals surface area contributed by atoms with Crippen LogP contribution in [0.1, 0.15) is 37.7 Å². The largest absolute Gasteiger partial charge is 0.335 e. The van der Waals surface area contributed by atoms with Gasteiger partial charge in [-0.25, -0.2) is 4.98 Å². The average molecular weight is 207 g/mol. The smallest absolute Gasteiger partial charge is 0.109 e. The minimum atomic E-state index is 0.547. The van der Waals surface area contributed by atoms with Crippen LogP contribution in [0.25, 0.3) is 0 Å². The number of aryl methyl sites for hydroxylation is 1. The zero-order chi connectivity index (χ0) is 10.8. The molecule has 3 heteroatoms. The molecule has 1 aromatic rings. The maximum atomic E-state index is 4.72. The molecule has 1 atom stereocenters. The van der Waals surface area contributed by atoms with E-state index in [-0.39, 0.29) is 0 Å². The van der Waals surface area contributed by atoms with Crippen LogP contribution < -0.4 is 5.32 Å². The molecule has 1 aliphatic rings. The van der Waals surface area contributed by atoms with E-state index < -0.39 is 0 Å². The van der Waals surface area contributed by atoms with Gasteiger partial charge in [-0.15, -0.1) is 0 Å². The normalized spacial score (nSPS) is 20.7. The van der Waals surface area contributed by atoms with Crippen LogP contribution in [0.15, 0.2) is 6.20 Å². The Labute approximate surface area is 91.9 Å². The molecule has 0 saturated carbocycles. The maximum Gasteiger partial charge on any atom is 0.109 e. The van der Waals surface area contributed by atoms with Gasteiger partial charge in [0.25, 0.3) is 0 Å². The molecule has 0 amide bonds. The van der Waals surface area contributed by atoms with E-state index in [1.807, 2.05) is 7.05 Å². The van der Waals surface area contributed by atoms with Gasteiger partial charge in [-0.05, 0) is 31.8 Å². The molecule has 84 valence electrons. The fraction of sp³-hybridized carbons (Fsp3) is 0.750. The van der Waals surface area contributed by atoms with Crippen LogP contribution in [0.2, 0.25) is 0 Å². The van der Waals surface area contributed by atoms with Crippen LogP contribution in [0.3, 0.4) is 0 Å². The molecule has 0 saturated heterocycles. The summed E-state index contributed by atoms with van der Waals surface area (Å²) >= 11 is 0. The van der Waals surface area contributed by atoms with E-state index in [0.717, 1.165) is 25.4 Å². The van der Waals surface area contributed by atoms with Crippen molar-refractivity contribution < 1.29 is 0 Å². The first kappa shape index (κ1) is 10.7. The molecule has 2 heterocycles. The number of imidazole rings is 1. The molecule has 1 N–H and O–H groups in total. The standard InChI is InChI=1S/C12H21N3/c1-9(2)11-8-15-5-4-10(7-13-3)6-12(15)14-11/h8-10,13H,4-7H2,1-3H3. The van der Waals surface area contributed by atoms with Gasteiger partial charge in [-0.2, -0.15) is 0 Å². The highest BCUT2D eigenvalue weighted by Gasteiger charge is 2.20. The van der Waals surface area contributed by atoms with E-state index in [0.29, 0.717) is 5.92 Å². The summed E-state index contributed by atoms with van der Waals surface area (Å²) in [6.45, 7) is 6.67. The number of aromatic nitrogens is 2. The number of fused-ring (bicyclic) bond motifs is 1. The van der Waals surface area contributed by atoms with Gasteiger partial charge in [0.1, 0.15) is 5.82 Å². The molecule has 0 radical (unpaired) electrons. The molecule has 1 aromatic heterocycles. The first-order valence-electron chi connectivity index (χ1n) is 5.91. The maximum absolute atomic E-state index is 4.72. The molecule has 2 rings (SSSR count). The average Bonchev–Trinajstić information content (AvgIpc) is 2.61. The summed E-state index contributed by atoms with van der Waals surface area (Å²) in [5.74, 6) is 2.60. The van der Waals surface area contributed by atoms with Gasteiger partial charge >= 0.3 is 0 Å². The highest BCUT2D eigenvalue weighted by molar-refractivity contribution is 5.10. The van der Waals surface area contributed by atoms with Gasteiger partial charge in [-0.1, -0.05) is 13.8 Å². The summed E-state index contributed by atoms with van der Waals surface area (Å²) < 4.78 is 2.33. The number of rotatable bonds is 3. The number of nitrogens with one attached hydrogen (secondary N) is 1. The first-order valence-corrected chi connectivity index (χ1v) is 5.91. The lowest BCUT2D eigenvalue weighted by molar-refractivity contribution is 0.372. The SMILES string of the molecule is CNCC1CCn2cc(C(C)C)nc2C1. The third kappa shape index (κ3) is 2.23. The number of hydrogen-bond donors (Lipinski definition) is 1.